The highest BCUT2D eigenvalue weighted by Crippen LogP contribution is 2.29. The van der Waals surface area contributed by atoms with Crippen LogP contribution in [0.4, 0.5) is 13.2 Å². The maximum absolute atomic E-state index is 12.6. The number of hydrogen-bond acceptors (Lipinski definition) is 2. The second-order valence-corrected chi connectivity index (χ2v) is 7.17. The molecule has 1 aromatic rings. The third-order valence-corrected chi connectivity index (χ3v) is 5.18. The highest BCUT2D eigenvalue weighted by molar-refractivity contribution is 5.76. The van der Waals surface area contributed by atoms with E-state index >= 15 is 0 Å². The molecular weight excluding hydrogens is 341 g/mol. The second kappa shape index (κ2) is 8.25. The molecule has 2 aliphatic rings. The van der Waals surface area contributed by atoms with Gasteiger partial charge < -0.3 is 4.90 Å². The average Bonchev–Trinajstić information content (AvgIpc) is 2.99. The van der Waals surface area contributed by atoms with Crippen LogP contribution in [0.5, 0.6) is 0 Å². The van der Waals surface area contributed by atoms with E-state index in [4.69, 9.17) is 0 Å². The topological polar surface area (TPSA) is 23.6 Å². The molecule has 0 N–H and O–H groups in total. The van der Waals surface area contributed by atoms with Gasteiger partial charge in [0.1, 0.15) is 0 Å². The molecule has 26 heavy (non-hydrogen) atoms. The Labute approximate surface area is 152 Å². The van der Waals surface area contributed by atoms with Crippen LogP contribution in [0.25, 0.3) is 0 Å². The molecule has 0 saturated carbocycles. The van der Waals surface area contributed by atoms with Crippen molar-refractivity contribution in [3.63, 3.8) is 0 Å². The molecule has 0 radical (unpaired) electrons. The summed E-state index contributed by atoms with van der Waals surface area (Å²) in [4.78, 5) is 16.6. The van der Waals surface area contributed by atoms with Crippen molar-refractivity contribution in [2.45, 2.75) is 38.4 Å². The van der Waals surface area contributed by atoms with Crippen LogP contribution in [0.1, 0.15) is 36.8 Å². The van der Waals surface area contributed by atoms with Crippen molar-refractivity contribution < 1.29 is 18.0 Å². The fourth-order valence-electron chi connectivity index (χ4n) is 3.65. The van der Waals surface area contributed by atoms with Crippen LogP contribution in [-0.4, -0.2) is 41.9 Å². The lowest BCUT2D eigenvalue weighted by Gasteiger charge is -2.23. The van der Waals surface area contributed by atoms with Crippen molar-refractivity contribution in [3.8, 4) is 0 Å². The average molecular weight is 366 g/mol. The molecule has 1 fully saturated rings. The Morgan fingerprint density at radius 1 is 1.08 bits per heavy atom. The molecule has 0 aromatic heterocycles. The van der Waals surface area contributed by atoms with Crippen LogP contribution in [0.3, 0.4) is 0 Å². The molecule has 1 heterocycles. The minimum absolute atomic E-state index is 0.220. The zero-order valence-electron chi connectivity index (χ0n) is 14.8. The number of amides is 1. The van der Waals surface area contributed by atoms with Crippen molar-refractivity contribution >= 4 is 5.91 Å². The van der Waals surface area contributed by atoms with Gasteiger partial charge in [-0.15, -0.1) is 0 Å². The van der Waals surface area contributed by atoms with Crippen molar-refractivity contribution in [2.24, 2.45) is 5.92 Å². The van der Waals surface area contributed by atoms with Crippen LogP contribution in [0.2, 0.25) is 0 Å². The van der Waals surface area contributed by atoms with Gasteiger partial charge in [-0.05, 0) is 42.9 Å². The molecule has 0 bridgehead atoms. The van der Waals surface area contributed by atoms with Gasteiger partial charge in [0, 0.05) is 39.1 Å². The van der Waals surface area contributed by atoms with E-state index in [-0.39, 0.29) is 5.91 Å². The van der Waals surface area contributed by atoms with Crippen LogP contribution in [-0.2, 0) is 17.5 Å². The third-order valence-electron chi connectivity index (χ3n) is 5.18. The predicted molar refractivity (Wildman–Crippen MR) is 94.4 cm³/mol. The maximum atomic E-state index is 12.6. The summed E-state index contributed by atoms with van der Waals surface area (Å²) in [6.07, 6.45) is 3.62. The molecule has 0 spiro atoms. The third kappa shape index (κ3) is 5.10. The van der Waals surface area contributed by atoms with Gasteiger partial charge in [0.25, 0.3) is 0 Å². The number of hydrogen-bond donors (Lipinski definition) is 0. The number of nitrogens with zero attached hydrogens (tertiary/aromatic N) is 2. The SMILES string of the molecule is O=C(CC1C=CCC1)N1CCCN(Cc2ccc(C(F)(F)F)cc2)CC1. The largest absolute Gasteiger partial charge is 0.416 e. The van der Waals surface area contributed by atoms with Gasteiger partial charge in [-0.1, -0.05) is 24.3 Å². The van der Waals surface area contributed by atoms with Gasteiger partial charge in [-0.25, -0.2) is 0 Å². The molecule has 1 amide bonds. The lowest BCUT2D eigenvalue weighted by Crippen LogP contribution is -2.35. The summed E-state index contributed by atoms with van der Waals surface area (Å²) >= 11 is 0. The number of carbonyl (C=O) groups excluding carboxylic acids is 1. The molecule has 1 saturated heterocycles. The van der Waals surface area contributed by atoms with E-state index in [1.54, 1.807) is 12.1 Å². The Hall–Kier alpha value is -1.82. The fourth-order valence-corrected chi connectivity index (χ4v) is 3.65. The summed E-state index contributed by atoms with van der Waals surface area (Å²) in [7, 11) is 0. The first kappa shape index (κ1) is 19.0. The van der Waals surface area contributed by atoms with Crippen LogP contribution >= 0.6 is 0 Å². The number of halogens is 3. The quantitative estimate of drug-likeness (QED) is 0.749. The van der Waals surface area contributed by atoms with Crippen molar-refractivity contribution in [1.82, 2.24) is 9.80 Å². The van der Waals surface area contributed by atoms with E-state index in [0.29, 0.717) is 25.4 Å². The zero-order chi connectivity index (χ0) is 18.6. The van der Waals surface area contributed by atoms with Gasteiger partial charge in [0.05, 0.1) is 5.56 Å². The van der Waals surface area contributed by atoms with E-state index in [1.165, 1.54) is 0 Å². The first-order valence-corrected chi connectivity index (χ1v) is 9.25. The first-order chi connectivity index (χ1) is 12.4. The summed E-state index contributed by atoms with van der Waals surface area (Å²) in [5.74, 6) is 0.604. The van der Waals surface area contributed by atoms with E-state index < -0.39 is 11.7 Å². The lowest BCUT2D eigenvalue weighted by molar-refractivity contribution is -0.137. The van der Waals surface area contributed by atoms with E-state index in [0.717, 1.165) is 56.6 Å². The number of rotatable bonds is 4. The van der Waals surface area contributed by atoms with E-state index in [1.807, 2.05) is 4.90 Å². The standard InChI is InChI=1S/C20H25F3N2O/c21-20(22,23)18-8-6-17(7-9-18)15-24-10-3-11-25(13-12-24)19(26)14-16-4-1-2-5-16/h1,4,6-9,16H,2-3,5,10-15H2. The van der Waals surface area contributed by atoms with E-state index in [9.17, 15) is 18.0 Å². The van der Waals surface area contributed by atoms with Crippen molar-refractivity contribution in [2.75, 3.05) is 26.2 Å². The lowest BCUT2D eigenvalue weighted by atomic mass is 10.0. The minimum atomic E-state index is -4.30. The monoisotopic (exact) mass is 366 g/mol. The molecule has 1 atom stereocenters. The number of allylic oxidation sites excluding steroid dienone is 2. The zero-order valence-corrected chi connectivity index (χ0v) is 14.8. The molecule has 1 aliphatic heterocycles. The number of alkyl halides is 3. The summed E-state index contributed by atoms with van der Waals surface area (Å²) in [6.45, 7) is 3.68. The molecule has 6 heteroatoms. The highest BCUT2D eigenvalue weighted by atomic mass is 19.4. The second-order valence-electron chi connectivity index (χ2n) is 7.17. The Bertz CT molecular complexity index is 639. The summed E-state index contributed by atoms with van der Waals surface area (Å²) in [5, 5.41) is 0. The van der Waals surface area contributed by atoms with Gasteiger partial charge in [-0.3, -0.25) is 9.69 Å². The molecule has 1 aliphatic carbocycles. The fraction of sp³-hybridized carbons (Fsp3) is 0.550. The normalized spacial score (nSPS) is 21.8. The summed E-state index contributed by atoms with van der Waals surface area (Å²) < 4.78 is 37.9. The van der Waals surface area contributed by atoms with E-state index in [2.05, 4.69) is 17.1 Å². The highest BCUT2D eigenvalue weighted by Gasteiger charge is 2.30. The first-order valence-electron chi connectivity index (χ1n) is 9.25. The molecule has 1 aromatic carbocycles. The molecule has 3 nitrogen and oxygen atoms in total. The van der Waals surface area contributed by atoms with Gasteiger partial charge in [0.15, 0.2) is 0 Å². The summed E-state index contributed by atoms with van der Waals surface area (Å²) in [6, 6.07) is 5.36. The molecule has 3 rings (SSSR count). The van der Waals surface area contributed by atoms with Crippen LogP contribution < -0.4 is 0 Å². The number of benzene rings is 1. The van der Waals surface area contributed by atoms with Crippen LogP contribution in [0, 0.1) is 5.92 Å². The minimum Gasteiger partial charge on any atom is -0.341 e. The van der Waals surface area contributed by atoms with Crippen molar-refractivity contribution in [1.29, 1.82) is 0 Å². The predicted octanol–water partition coefficient (Wildman–Crippen LogP) is 4.10. The smallest absolute Gasteiger partial charge is 0.341 e. The van der Waals surface area contributed by atoms with Crippen LogP contribution in [0.15, 0.2) is 36.4 Å². The summed E-state index contributed by atoms with van der Waals surface area (Å²) in [5.41, 5.74) is 0.253. The Morgan fingerprint density at radius 3 is 2.50 bits per heavy atom. The van der Waals surface area contributed by atoms with Gasteiger partial charge >= 0.3 is 6.18 Å². The maximum Gasteiger partial charge on any atom is 0.416 e. The molecule has 1 unspecified atom stereocenters. The van der Waals surface area contributed by atoms with Crippen molar-refractivity contribution in [3.05, 3.63) is 47.5 Å². The molecular formula is C20H25F3N2O. The van der Waals surface area contributed by atoms with Gasteiger partial charge in [-0.2, -0.15) is 13.2 Å². The Morgan fingerprint density at radius 2 is 1.85 bits per heavy atom. The Balaban J connectivity index is 1.50. The molecule has 142 valence electrons. The van der Waals surface area contributed by atoms with Gasteiger partial charge in [0.2, 0.25) is 5.91 Å². The number of carbonyl (C=O) groups is 1. The Kier molecular flexibility index (Phi) is 6.01.